The predicted octanol–water partition coefficient (Wildman–Crippen LogP) is 4.94. The molecule has 0 bridgehead atoms. The summed E-state index contributed by atoms with van der Waals surface area (Å²) in [6, 6.07) is 14.1. The van der Waals surface area contributed by atoms with Gasteiger partial charge >= 0.3 is 0 Å². The summed E-state index contributed by atoms with van der Waals surface area (Å²) in [7, 11) is 0. The molecular weight excluding hydrogens is 539 g/mol. The van der Waals surface area contributed by atoms with E-state index >= 15 is 0 Å². The molecule has 196 valence electrons. The van der Waals surface area contributed by atoms with Crippen LogP contribution in [0.1, 0.15) is 37.5 Å². The number of fused-ring (bicyclic) bond motifs is 1. The Bertz CT molecular complexity index is 1560. The first-order chi connectivity index (χ1) is 18.8. The second kappa shape index (κ2) is 11.2. The van der Waals surface area contributed by atoms with Gasteiger partial charge in [-0.15, -0.1) is 0 Å². The van der Waals surface area contributed by atoms with Gasteiger partial charge in [0.25, 0.3) is 11.8 Å². The van der Waals surface area contributed by atoms with Crippen LogP contribution in [0.2, 0.25) is 10.0 Å². The molecule has 1 aliphatic rings. The summed E-state index contributed by atoms with van der Waals surface area (Å²) < 4.78 is 0. The molecule has 5 rings (SSSR count). The topological polar surface area (TPSA) is 117 Å². The minimum atomic E-state index is -0.862. The van der Waals surface area contributed by atoms with Crippen LogP contribution in [0.3, 0.4) is 0 Å². The van der Waals surface area contributed by atoms with Crippen molar-refractivity contribution in [1.29, 1.82) is 0 Å². The number of aromatic nitrogens is 3. The van der Waals surface area contributed by atoms with Crippen molar-refractivity contribution in [2.75, 3.05) is 10.6 Å². The highest BCUT2D eigenvalue weighted by Gasteiger charge is 2.36. The molecule has 0 aliphatic carbocycles. The van der Waals surface area contributed by atoms with Crippen molar-refractivity contribution in [3.05, 3.63) is 111 Å². The van der Waals surface area contributed by atoms with Gasteiger partial charge in [0, 0.05) is 42.3 Å². The van der Waals surface area contributed by atoms with Crippen LogP contribution >= 0.6 is 23.2 Å². The van der Waals surface area contributed by atoms with E-state index in [4.69, 9.17) is 23.2 Å². The average molecular weight is 561 g/mol. The van der Waals surface area contributed by atoms with Crippen molar-refractivity contribution in [2.45, 2.75) is 25.9 Å². The second-order valence-electron chi connectivity index (χ2n) is 9.01. The minimum absolute atomic E-state index is 0.0640. The standard InChI is InChI=1S/C28H22Cl2N6O3/c1-16-13-32-28(33-14-16)35-25(37)20-7-5-17(10-22(20)30)15-36-24(12-19-4-2-3-9-31-19)26(38)34-23-11-18(29)6-8-21(23)27(36)39/h2-11,13-14,24H,12,15H2,1H3,(H,34,38)(H,32,33,35,37)/t24-/m1/s1. The van der Waals surface area contributed by atoms with Crippen molar-refractivity contribution in [3.63, 3.8) is 0 Å². The first-order valence-corrected chi connectivity index (χ1v) is 12.7. The van der Waals surface area contributed by atoms with Gasteiger partial charge in [0.2, 0.25) is 11.9 Å². The quantitative estimate of drug-likeness (QED) is 0.344. The molecule has 0 spiro atoms. The molecule has 3 amide bonds. The Hall–Kier alpha value is -4.34. The number of benzene rings is 2. The van der Waals surface area contributed by atoms with Crippen molar-refractivity contribution in [2.24, 2.45) is 0 Å². The summed E-state index contributed by atoms with van der Waals surface area (Å²) in [5.74, 6) is -1.03. The number of hydrogen-bond donors (Lipinski definition) is 2. The fourth-order valence-electron chi connectivity index (χ4n) is 4.23. The van der Waals surface area contributed by atoms with Gasteiger partial charge < -0.3 is 10.2 Å². The van der Waals surface area contributed by atoms with Crippen LogP contribution in [-0.2, 0) is 17.8 Å². The van der Waals surface area contributed by atoms with Crippen molar-refractivity contribution in [1.82, 2.24) is 19.9 Å². The highest BCUT2D eigenvalue weighted by Crippen LogP contribution is 2.29. The molecule has 2 aromatic carbocycles. The molecule has 39 heavy (non-hydrogen) atoms. The molecule has 0 saturated carbocycles. The molecule has 2 N–H and O–H groups in total. The lowest BCUT2D eigenvalue weighted by Gasteiger charge is -2.29. The molecule has 0 unspecified atom stereocenters. The molecule has 4 aromatic rings. The molecule has 0 fully saturated rings. The molecule has 1 aliphatic heterocycles. The van der Waals surface area contributed by atoms with E-state index in [9.17, 15) is 14.4 Å². The number of pyridine rings is 1. The molecular formula is C28H22Cl2N6O3. The first-order valence-electron chi connectivity index (χ1n) is 12.0. The fourth-order valence-corrected chi connectivity index (χ4v) is 4.69. The number of carbonyl (C=O) groups excluding carboxylic acids is 3. The van der Waals surface area contributed by atoms with Gasteiger partial charge in [-0.2, -0.15) is 0 Å². The molecule has 1 atom stereocenters. The molecule has 9 nitrogen and oxygen atoms in total. The van der Waals surface area contributed by atoms with Crippen molar-refractivity contribution >= 4 is 52.6 Å². The van der Waals surface area contributed by atoms with E-state index in [1.165, 1.54) is 4.90 Å². The first kappa shape index (κ1) is 26.3. The number of nitrogens with zero attached hydrogens (tertiary/aromatic N) is 4. The van der Waals surface area contributed by atoms with Crippen LogP contribution in [-0.4, -0.2) is 43.6 Å². The van der Waals surface area contributed by atoms with Crippen LogP contribution < -0.4 is 10.6 Å². The Labute approximate surface area is 234 Å². The predicted molar refractivity (Wildman–Crippen MR) is 148 cm³/mol. The number of halogens is 2. The molecule has 11 heteroatoms. The second-order valence-corrected chi connectivity index (χ2v) is 9.85. The lowest BCUT2D eigenvalue weighted by Crippen LogP contribution is -2.46. The third kappa shape index (κ3) is 5.89. The summed E-state index contributed by atoms with van der Waals surface area (Å²) in [4.78, 5) is 53.9. The number of anilines is 2. The number of nitrogens with one attached hydrogen (secondary N) is 2. The lowest BCUT2D eigenvalue weighted by atomic mass is 10.0. The fraction of sp³-hybridized carbons (Fsp3) is 0.143. The number of hydrogen-bond acceptors (Lipinski definition) is 6. The maximum Gasteiger partial charge on any atom is 0.259 e. The minimum Gasteiger partial charge on any atom is -0.323 e. The highest BCUT2D eigenvalue weighted by molar-refractivity contribution is 6.34. The van der Waals surface area contributed by atoms with Crippen molar-refractivity contribution < 1.29 is 14.4 Å². The maximum absolute atomic E-state index is 13.7. The summed E-state index contributed by atoms with van der Waals surface area (Å²) >= 11 is 12.6. The maximum atomic E-state index is 13.7. The van der Waals surface area contributed by atoms with Crippen LogP contribution in [0.15, 0.2) is 73.2 Å². The number of carbonyl (C=O) groups is 3. The van der Waals surface area contributed by atoms with E-state index < -0.39 is 11.9 Å². The summed E-state index contributed by atoms with van der Waals surface area (Å²) in [5, 5.41) is 6.03. The van der Waals surface area contributed by atoms with E-state index in [1.54, 1.807) is 67.1 Å². The Morgan fingerprint density at radius 1 is 1.03 bits per heavy atom. The monoisotopic (exact) mass is 560 g/mol. The van der Waals surface area contributed by atoms with Gasteiger partial charge in [-0.3, -0.25) is 24.7 Å². The SMILES string of the molecule is Cc1cnc(NC(=O)c2ccc(CN3C(=O)c4ccc(Cl)cc4NC(=O)[C@H]3Cc3ccccn3)cc2Cl)nc1. The van der Waals surface area contributed by atoms with Gasteiger partial charge in [0.1, 0.15) is 6.04 Å². The van der Waals surface area contributed by atoms with Gasteiger partial charge in [-0.05, 0) is 60.5 Å². The van der Waals surface area contributed by atoms with Gasteiger partial charge in [-0.1, -0.05) is 35.3 Å². The smallest absolute Gasteiger partial charge is 0.259 e. The highest BCUT2D eigenvalue weighted by atomic mass is 35.5. The summed E-state index contributed by atoms with van der Waals surface area (Å²) in [6.07, 6.45) is 5.02. The lowest BCUT2D eigenvalue weighted by molar-refractivity contribution is -0.120. The molecule has 3 heterocycles. The normalized spacial score (nSPS) is 14.8. The Kier molecular flexibility index (Phi) is 7.53. The van der Waals surface area contributed by atoms with E-state index in [1.807, 2.05) is 13.0 Å². The van der Waals surface area contributed by atoms with Crippen molar-refractivity contribution in [3.8, 4) is 0 Å². The van der Waals surface area contributed by atoms with E-state index in [-0.39, 0.29) is 41.3 Å². The molecule has 0 radical (unpaired) electrons. The van der Waals surface area contributed by atoms with Gasteiger partial charge in [0.05, 0.1) is 21.8 Å². The van der Waals surface area contributed by atoms with E-state index in [0.29, 0.717) is 27.5 Å². The third-order valence-electron chi connectivity index (χ3n) is 6.18. The molecule has 0 saturated heterocycles. The zero-order valence-corrected chi connectivity index (χ0v) is 22.2. The molecule has 2 aromatic heterocycles. The Morgan fingerprint density at radius 3 is 2.54 bits per heavy atom. The third-order valence-corrected chi connectivity index (χ3v) is 6.72. The summed E-state index contributed by atoms with van der Waals surface area (Å²) in [5.41, 5.74) is 3.02. The Balaban J connectivity index is 1.44. The largest absolute Gasteiger partial charge is 0.323 e. The van der Waals surface area contributed by atoms with E-state index in [0.717, 1.165) is 5.56 Å². The Morgan fingerprint density at radius 2 is 1.82 bits per heavy atom. The summed E-state index contributed by atoms with van der Waals surface area (Å²) in [6.45, 7) is 1.91. The average Bonchev–Trinajstić information content (AvgIpc) is 3.00. The van der Waals surface area contributed by atoms with Crippen LogP contribution in [0.5, 0.6) is 0 Å². The van der Waals surface area contributed by atoms with Gasteiger partial charge in [0.15, 0.2) is 0 Å². The van der Waals surface area contributed by atoms with Crippen LogP contribution in [0.4, 0.5) is 11.6 Å². The van der Waals surface area contributed by atoms with E-state index in [2.05, 4.69) is 25.6 Å². The zero-order valence-electron chi connectivity index (χ0n) is 20.7. The van der Waals surface area contributed by atoms with Crippen LogP contribution in [0, 0.1) is 6.92 Å². The zero-order chi connectivity index (χ0) is 27.5. The number of aryl methyl sites for hydroxylation is 1. The number of amides is 3. The van der Waals surface area contributed by atoms with Crippen LogP contribution in [0.25, 0.3) is 0 Å². The number of rotatable bonds is 6. The van der Waals surface area contributed by atoms with Gasteiger partial charge in [-0.25, -0.2) is 9.97 Å².